The number of nitrogens with zero attached hydrogens (tertiary/aromatic N) is 1. The maximum absolute atomic E-state index is 12.5. The number of hydrogen-bond acceptors (Lipinski definition) is 2. The first-order valence-electron chi connectivity index (χ1n) is 6.84. The number of fused-ring (bicyclic) bond motifs is 1. The Morgan fingerprint density at radius 1 is 1.17 bits per heavy atom. The second-order valence-corrected chi connectivity index (χ2v) is 5.61. The number of hydrogen-bond donors (Lipinski definition) is 1. The predicted octanol–water partition coefficient (Wildman–Crippen LogP) is 1.84. The molecule has 1 heterocycles. The predicted molar refractivity (Wildman–Crippen MR) is 70.9 cm³/mol. The first-order chi connectivity index (χ1) is 8.69. The van der Waals surface area contributed by atoms with E-state index in [0.717, 1.165) is 45.2 Å². The Morgan fingerprint density at radius 3 is 2.56 bits per heavy atom. The normalized spacial score (nSPS) is 21.7. The van der Waals surface area contributed by atoms with Crippen LogP contribution in [0.4, 0.5) is 0 Å². The van der Waals surface area contributed by atoms with Gasteiger partial charge < -0.3 is 10.6 Å². The third-order valence-corrected chi connectivity index (χ3v) is 4.31. The van der Waals surface area contributed by atoms with Gasteiger partial charge in [0.1, 0.15) is 0 Å². The Labute approximate surface area is 108 Å². The molecule has 1 aromatic rings. The number of benzene rings is 1. The lowest BCUT2D eigenvalue weighted by Crippen LogP contribution is -2.59. The summed E-state index contributed by atoms with van der Waals surface area (Å²) in [6, 6.07) is 8.43. The highest BCUT2D eigenvalue weighted by atomic mass is 16.2. The van der Waals surface area contributed by atoms with Gasteiger partial charge in [0, 0.05) is 13.1 Å². The van der Waals surface area contributed by atoms with E-state index in [-0.39, 0.29) is 5.91 Å². The minimum Gasteiger partial charge on any atom is -0.337 e. The summed E-state index contributed by atoms with van der Waals surface area (Å²) in [4.78, 5) is 14.4. The van der Waals surface area contributed by atoms with E-state index in [1.165, 1.54) is 11.1 Å². The highest BCUT2D eigenvalue weighted by Crippen LogP contribution is 2.32. The van der Waals surface area contributed by atoms with E-state index >= 15 is 0 Å². The Balaban J connectivity index is 1.81. The quantitative estimate of drug-likeness (QED) is 0.819. The zero-order chi connectivity index (χ0) is 12.6. The average molecular weight is 244 g/mol. The number of nitrogens with two attached hydrogens (primary N) is 1. The van der Waals surface area contributed by atoms with Crippen molar-refractivity contribution in [2.45, 2.75) is 44.2 Å². The maximum atomic E-state index is 12.5. The summed E-state index contributed by atoms with van der Waals surface area (Å²) in [5.74, 6) is 0.158. The highest BCUT2D eigenvalue weighted by Gasteiger charge is 2.42. The molecule has 1 aliphatic heterocycles. The third kappa shape index (κ3) is 1.93. The van der Waals surface area contributed by atoms with E-state index in [1.54, 1.807) is 0 Å². The van der Waals surface area contributed by atoms with Crippen LogP contribution in [0.3, 0.4) is 0 Å². The molecular formula is C15H20N2O. The minimum absolute atomic E-state index is 0.158. The Bertz CT molecular complexity index is 465. The van der Waals surface area contributed by atoms with Gasteiger partial charge in [-0.2, -0.15) is 0 Å². The second-order valence-electron chi connectivity index (χ2n) is 5.61. The van der Waals surface area contributed by atoms with Crippen LogP contribution in [0.1, 0.15) is 36.8 Å². The van der Waals surface area contributed by atoms with Crippen LogP contribution in [0.15, 0.2) is 24.3 Å². The second kappa shape index (κ2) is 4.39. The maximum Gasteiger partial charge on any atom is 0.242 e. The lowest BCUT2D eigenvalue weighted by molar-refractivity contribution is -0.140. The molecule has 3 rings (SSSR count). The van der Waals surface area contributed by atoms with Crippen LogP contribution in [0.5, 0.6) is 0 Å². The molecule has 1 saturated carbocycles. The van der Waals surface area contributed by atoms with Crippen molar-refractivity contribution < 1.29 is 4.79 Å². The van der Waals surface area contributed by atoms with Crippen molar-refractivity contribution in [3.63, 3.8) is 0 Å². The number of carbonyl (C=O) groups excluding carboxylic acids is 1. The molecule has 1 fully saturated rings. The van der Waals surface area contributed by atoms with Gasteiger partial charge in [-0.3, -0.25) is 4.79 Å². The SMILES string of the molecule is NC1(C(=O)N2CCCc3ccccc3C2)CCC1. The lowest BCUT2D eigenvalue weighted by Gasteiger charge is -2.40. The molecule has 0 spiro atoms. The lowest BCUT2D eigenvalue weighted by atomic mass is 9.76. The molecule has 0 saturated heterocycles. The summed E-state index contributed by atoms with van der Waals surface area (Å²) < 4.78 is 0. The molecule has 2 aliphatic rings. The summed E-state index contributed by atoms with van der Waals surface area (Å²) in [5, 5.41) is 0. The molecule has 1 amide bonds. The average Bonchev–Trinajstić information content (AvgIpc) is 2.57. The molecule has 0 unspecified atom stereocenters. The van der Waals surface area contributed by atoms with E-state index in [9.17, 15) is 4.79 Å². The number of aryl methyl sites for hydroxylation is 1. The van der Waals surface area contributed by atoms with Gasteiger partial charge in [0.05, 0.1) is 5.54 Å². The zero-order valence-electron chi connectivity index (χ0n) is 10.7. The molecule has 0 radical (unpaired) electrons. The topological polar surface area (TPSA) is 46.3 Å². The summed E-state index contributed by atoms with van der Waals surface area (Å²) in [7, 11) is 0. The van der Waals surface area contributed by atoms with Crippen molar-refractivity contribution >= 4 is 5.91 Å². The standard InChI is InChI=1S/C15H20N2O/c16-15(8-4-9-15)14(18)17-10-3-7-12-5-1-2-6-13(12)11-17/h1-2,5-6H,3-4,7-11,16H2. The van der Waals surface area contributed by atoms with Crippen LogP contribution in [0.25, 0.3) is 0 Å². The Morgan fingerprint density at radius 2 is 1.89 bits per heavy atom. The van der Waals surface area contributed by atoms with E-state index in [0.29, 0.717) is 0 Å². The van der Waals surface area contributed by atoms with Crippen molar-refractivity contribution in [2.75, 3.05) is 6.54 Å². The van der Waals surface area contributed by atoms with Gasteiger partial charge >= 0.3 is 0 Å². The molecule has 0 bridgehead atoms. The summed E-state index contributed by atoms with van der Waals surface area (Å²) in [6.45, 7) is 1.57. The minimum atomic E-state index is -0.556. The van der Waals surface area contributed by atoms with Gasteiger partial charge in [-0.25, -0.2) is 0 Å². The van der Waals surface area contributed by atoms with Gasteiger partial charge in [-0.05, 0) is 43.2 Å². The van der Waals surface area contributed by atoms with Gasteiger partial charge in [0.2, 0.25) is 5.91 Å². The Kier molecular flexibility index (Phi) is 2.86. The van der Waals surface area contributed by atoms with Crippen LogP contribution in [-0.2, 0) is 17.8 Å². The van der Waals surface area contributed by atoms with Crippen LogP contribution in [0.2, 0.25) is 0 Å². The molecule has 2 N–H and O–H groups in total. The number of carbonyl (C=O) groups is 1. The summed E-state index contributed by atoms with van der Waals surface area (Å²) >= 11 is 0. The molecule has 1 aliphatic carbocycles. The first-order valence-corrected chi connectivity index (χ1v) is 6.84. The van der Waals surface area contributed by atoms with Crippen LogP contribution in [0, 0.1) is 0 Å². The molecule has 3 nitrogen and oxygen atoms in total. The van der Waals surface area contributed by atoms with Crippen LogP contribution < -0.4 is 5.73 Å². The Hall–Kier alpha value is -1.35. The largest absolute Gasteiger partial charge is 0.337 e. The number of rotatable bonds is 1. The monoisotopic (exact) mass is 244 g/mol. The molecule has 0 atom stereocenters. The summed E-state index contributed by atoms with van der Waals surface area (Å²) in [5.41, 5.74) is 8.27. The molecule has 18 heavy (non-hydrogen) atoms. The molecule has 1 aromatic carbocycles. The van der Waals surface area contributed by atoms with Gasteiger partial charge in [-0.1, -0.05) is 24.3 Å². The van der Waals surface area contributed by atoms with Crippen molar-refractivity contribution in [1.29, 1.82) is 0 Å². The fourth-order valence-corrected chi connectivity index (χ4v) is 2.96. The third-order valence-electron chi connectivity index (χ3n) is 4.31. The van der Waals surface area contributed by atoms with Crippen LogP contribution >= 0.6 is 0 Å². The molecule has 3 heteroatoms. The first kappa shape index (κ1) is 11.7. The molecular weight excluding hydrogens is 224 g/mol. The van der Waals surface area contributed by atoms with Crippen molar-refractivity contribution in [2.24, 2.45) is 5.73 Å². The van der Waals surface area contributed by atoms with Gasteiger partial charge in [0.15, 0.2) is 0 Å². The number of amides is 1. The highest BCUT2D eigenvalue weighted by molar-refractivity contribution is 5.87. The van der Waals surface area contributed by atoms with E-state index < -0.39 is 5.54 Å². The van der Waals surface area contributed by atoms with Crippen molar-refractivity contribution in [3.8, 4) is 0 Å². The fourth-order valence-electron chi connectivity index (χ4n) is 2.96. The molecule has 0 aromatic heterocycles. The summed E-state index contributed by atoms with van der Waals surface area (Å²) in [6.07, 6.45) is 4.90. The van der Waals surface area contributed by atoms with Gasteiger partial charge in [0.25, 0.3) is 0 Å². The van der Waals surface area contributed by atoms with E-state index in [1.807, 2.05) is 11.0 Å². The van der Waals surface area contributed by atoms with Crippen molar-refractivity contribution in [3.05, 3.63) is 35.4 Å². The van der Waals surface area contributed by atoms with E-state index in [4.69, 9.17) is 5.73 Å². The van der Waals surface area contributed by atoms with E-state index in [2.05, 4.69) is 18.2 Å². The van der Waals surface area contributed by atoms with Crippen molar-refractivity contribution in [1.82, 2.24) is 4.90 Å². The fraction of sp³-hybridized carbons (Fsp3) is 0.533. The molecule has 96 valence electrons. The van der Waals surface area contributed by atoms with Gasteiger partial charge in [-0.15, -0.1) is 0 Å². The van der Waals surface area contributed by atoms with Crippen LogP contribution in [-0.4, -0.2) is 22.9 Å². The zero-order valence-corrected chi connectivity index (χ0v) is 10.7. The smallest absolute Gasteiger partial charge is 0.242 e.